The van der Waals surface area contributed by atoms with Gasteiger partial charge in [-0.25, -0.2) is 0 Å². The van der Waals surface area contributed by atoms with Gasteiger partial charge in [0.15, 0.2) is 0 Å². The summed E-state index contributed by atoms with van der Waals surface area (Å²) in [6.45, 7) is 3.97. The van der Waals surface area contributed by atoms with Crippen molar-refractivity contribution >= 4 is 5.91 Å². The van der Waals surface area contributed by atoms with Crippen molar-refractivity contribution in [2.75, 3.05) is 6.54 Å². The van der Waals surface area contributed by atoms with Crippen molar-refractivity contribution in [1.82, 2.24) is 5.32 Å². The standard InChI is InChI=1S/C6H13N3O/c1-3-9-6(10)5(8)4(2)7/h3,7-8H2,1-2H3,(H,9,10)/b5-4-. The third kappa shape index (κ3) is 2.39. The van der Waals surface area contributed by atoms with Crippen LogP contribution in [0.15, 0.2) is 11.4 Å². The summed E-state index contributed by atoms with van der Waals surface area (Å²) >= 11 is 0. The third-order valence-electron chi connectivity index (χ3n) is 1.01. The Kier molecular flexibility index (Phi) is 3.32. The molecule has 0 aromatic carbocycles. The van der Waals surface area contributed by atoms with Crippen molar-refractivity contribution in [3.8, 4) is 0 Å². The van der Waals surface area contributed by atoms with E-state index in [1.54, 1.807) is 6.92 Å². The maximum absolute atomic E-state index is 10.8. The van der Waals surface area contributed by atoms with Gasteiger partial charge in [0, 0.05) is 12.2 Å². The van der Waals surface area contributed by atoms with E-state index >= 15 is 0 Å². The lowest BCUT2D eigenvalue weighted by atomic mass is 10.3. The fourth-order valence-electron chi connectivity index (χ4n) is 0.435. The number of allylic oxidation sites excluding steroid dienone is 1. The summed E-state index contributed by atoms with van der Waals surface area (Å²) in [5.74, 6) is -0.303. The van der Waals surface area contributed by atoms with Gasteiger partial charge < -0.3 is 16.8 Å². The summed E-state index contributed by atoms with van der Waals surface area (Å²) in [6, 6.07) is 0. The molecule has 4 heteroatoms. The van der Waals surface area contributed by atoms with Gasteiger partial charge in [0.05, 0.1) is 0 Å². The molecular formula is C6H13N3O. The largest absolute Gasteiger partial charge is 0.400 e. The summed E-state index contributed by atoms with van der Waals surface area (Å²) in [5.41, 5.74) is 11.0. The van der Waals surface area contributed by atoms with Gasteiger partial charge in [0.1, 0.15) is 5.70 Å². The number of carbonyl (C=O) groups excluding carboxylic acids is 1. The fraction of sp³-hybridized carbons (Fsp3) is 0.500. The van der Waals surface area contributed by atoms with Gasteiger partial charge in [0.2, 0.25) is 0 Å². The van der Waals surface area contributed by atoms with Gasteiger partial charge in [-0.2, -0.15) is 0 Å². The summed E-state index contributed by atoms with van der Waals surface area (Å²) < 4.78 is 0. The lowest BCUT2D eigenvalue weighted by molar-refractivity contribution is -0.117. The minimum atomic E-state index is -0.303. The highest BCUT2D eigenvalue weighted by molar-refractivity contribution is 5.92. The Hall–Kier alpha value is -1.19. The number of hydrogen-bond acceptors (Lipinski definition) is 3. The first-order chi connectivity index (χ1) is 4.59. The van der Waals surface area contributed by atoms with Crippen molar-refractivity contribution in [3.63, 3.8) is 0 Å². The van der Waals surface area contributed by atoms with Crippen LogP contribution in [0.3, 0.4) is 0 Å². The van der Waals surface area contributed by atoms with Gasteiger partial charge in [-0.05, 0) is 13.8 Å². The molecule has 0 saturated carbocycles. The molecule has 58 valence electrons. The van der Waals surface area contributed by atoms with E-state index < -0.39 is 0 Å². The summed E-state index contributed by atoms with van der Waals surface area (Å²) in [7, 11) is 0. The minimum absolute atomic E-state index is 0.0989. The monoisotopic (exact) mass is 143 g/mol. The minimum Gasteiger partial charge on any atom is -0.400 e. The van der Waals surface area contributed by atoms with E-state index in [-0.39, 0.29) is 11.6 Å². The second-order valence-corrected chi connectivity index (χ2v) is 1.96. The predicted octanol–water partition coefficient (Wildman–Crippen LogP) is -0.729. The van der Waals surface area contributed by atoms with Gasteiger partial charge in [0.25, 0.3) is 5.91 Å². The van der Waals surface area contributed by atoms with E-state index in [0.717, 1.165) is 0 Å². The second kappa shape index (κ2) is 3.76. The van der Waals surface area contributed by atoms with Crippen LogP contribution < -0.4 is 16.8 Å². The van der Waals surface area contributed by atoms with Crippen molar-refractivity contribution in [3.05, 3.63) is 11.4 Å². The number of amides is 1. The van der Waals surface area contributed by atoms with Crippen molar-refractivity contribution in [2.24, 2.45) is 11.5 Å². The Morgan fingerprint density at radius 2 is 2.00 bits per heavy atom. The first-order valence-electron chi connectivity index (χ1n) is 3.09. The maximum Gasteiger partial charge on any atom is 0.268 e. The Morgan fingerprint density at radius 1 is 1.50 bits per heavy atom. The molecule has 5 N–H and O–H groups in total. The quantitative estimate of drug-likeness (QED) is 0.446. The molecule has 1 amide bonds. The number of rotatable bonds is 2. The molecule has 0 aliphatic rings. The molecule has 0 heterocycles. The average molecular weight is 143 g/mol. The topological polar surface area (TPSA) is 81.1 Å². The molecule has 0 aliphatic heterocycles. The van der Waals surface area contributed by atoms with E-state index in [2.05, 4.69) is 5.32 Å². The zero-order valence-corrected chi connectivity index (χ0v) is 6.27. The van der Waals surface area contributed by atoms with E-state index in [4.69, 9.17) is 11.5 Å². The summed E-state index contributed by atoms with van der Waals surface area (Å²) in [6.07, 6.45) is 0. The van der Waals surface area contributed by atoms with E-state index in [1.807, 2.05) is 6.92 Å². The Labute approximate surface area is 60.3 Å². The van der Waals surface area contributed by atoms with Crippen molar-refractivity contribution in [2.45, 2.75) is 13.8 Å². The third-order valence-corrected chi connectivity index (χ3v) is 1.01. The SMILES string of the molecule is CCNC(=O)/C(N)=C(\C)N. The molecular weight excluding hydrogens is 130 g/mol. The van der Waals surface area contributed by atoms with Crippen LogP contribution in [0.1, 0.15) is 13.8 Å². The fourth-order valence-corrected chi connectivity index (χ4v) is 0.435. The van der Waals surface area contributed by atoms with Crippen molar-refractivity contribution < 1.29 is 4.79 Å². The van der Waals surface area contributed by atoms with Gasteiger partial charge in [-0.15, -0.1) is 0 Å². The highest BCUT2D eigenvalue weighted by atomic mass is 16.1. The van der Waals surface area contributed by atoms with E-state index in [0.29, 0.717) is 12.2 Å². The lowest BCUT2D eigenvalue weighted by Crippen LogP contribution is -2.30. The number of hydrogen-bond donors (Lipinski definition) is 3. The van der Waals surface area contributed by atoms with E-state index in [1.165, 1.54) is 0 Å². The van der Waals surface area contributed by atoms with Crippen LogP contribution in [-0.2, 0) is 4.79 Å². The Balaban J connectivity index is 4.09. The van der Waals surface area contributed by atoms with Crippen LogP contribution in [0.4, 0.5) is 0 Å². The molecule has 0 spiro atoms. The Bertz CT molecular complexity index is 158. The van der Waals surface area contributed by atoms with Crippen LogP contribution >= 0.6 is 0 Å². The number of likely N-dealkylation sites (N-methyl/N-ethyl adjacent to an activating group) is 1. The maximum atomic E-state index is 10.8. The molecule has 4 nitrogen and oxygen atoms in total. The zero-order chi connectivity index (χ0) is 8.15. The van der Waals surface area contributed by atoms with Crippen LogP contribution in [-0.4, -0.2) is 12.5 Å². The average Bonchev–Trinajstić information content (AvgIpc) is 1.87. The van der Waals surface area contributed by atoms with E-state index in [9.17, 15) is 4.79 Å². The zero-order valence-electron chi connectivity index (χ0n) is 6.27. The molecule has 0 aromatic heterocycles. The van der Waals surface area contributed by atoms with Crippen LogP contribution in [0.5, 0.6) is 0 Å². The number of nitrogens with one attached hydrogen (secondary N) is 1. The van der Waals surface area contributed by atoms with Gasteiger partial charge in [-0.1, -0.05) is 0 Å². The van der Waals surface area contributed by atoms with Crippen LogP contribution in [0.25, 0.3) is 0 Å². The highest BCUT2D eigenvalue weighted by Crippen LogP contribution is 1.87. The first-order valence-corrected chi connectivity index (χ1v) is 3.09. The summed E-state index contributed by atoms with van der Waals surface area (Å²) in [4.78, 5) is 10.8. The van der Waals surface area contributed by atoms with Crippen molar-refractivity contribution in [1.29, 1.82) is 0 Å². The van der Waals surface area contributed by atoms with Crippen LogP contribution in [0.2, 0.25) is 0 Å². The molecule has 0 aromatic rings. The first kappa shape index (κ1) is 8.81. The van der Waals surface area contributed by atoms with Gasteiger partial charge in [-0.3, -0.25) is 4.79 Å². The predicted molar refractivity (Wildman–Crippen MR) is 39.8 cm³/mol. The normalized spacial score (nSPS) is 12.2. The van der Waals surface area contributed by atoms with Crippen LogP contribution in [0, 0.1) is 0 Å². The smallest absolute Gasteiger partial charge is 0.268 e. The van der Waals surface area contributed by atoms with Gasteiger partial charge >= 0.3 is 0 Å². The highest BCUT2D eigenvalue weighted by Gasteiger charge is 2.03. The molecule has 10 heavy (non-hydrogen) atoms. The molecule has 0 aliphatic carbocycles. The molecule has 0 fully saturated rings. The molecule has 0 atom stereocenters. The second-order valence-electron chi connectivity index (χ2n) is 1.96. The number of carbonyl (C=O) groups is 1. The summed E-state index contributed by atoms with van der Waals surface area (Å²) in [5, 5.41) is 2.52. The number of nitrogens with two attached hydrogens (primary N) is 2. The molecule has 0 radical (unpaired) electrons. The molecule has 0 bridgehead atoms. The Morgan fingerprint density at radius 3 is 2.30 bits per heavy atom. The lowest BCUT2D eigenvalue weighted by Gasteiger charge is -2.02. The molecule has 0 rings (SSSR count). The molecule has 0 unspecified atom stereocenters. The molecule has 0 saturated heterocycles.